The molecule has 17 heavy (non-hydrogen) atoms. The van der Waals surface area contributed by atoms with Gasteiger partial charge in [-0.25, -0.2) is 4.39 Å². The second kappa shape index (κ2) is 5.17. The zero-order valence-electron chi connectivity index (χ0n) is 9.63. The lowest BCUT2D eigenvalue weighted by atomic mass is 10.0. The molecule has 4 heteroatoms. The molecule has 1 aromatic carbocycles. The van der Waals surface area contributed by atoms with E-state index in [2.05, 4.69) is 11.4 Å². The first-order valence-electron chi connectivity index (χ1n) is 5.29. The van der Waals surface area contributed by atoms with Crippen LogP contribution in [0.1, 0.15) is 22.0 Å². The molecule has 0 aliphatic carbocycles. The first-order chi connectivity index (χ1) is 8.13. The van der Waals surface area contributed by atoms with Crippen molar-refractivity contribution in [2.45, 2.75) is 13.0 Å². The second-order valence-electron chi connectivity index (χ2n) is 3.85. The minimum Gasteiger partial charge on any atom is -0.309 e. The summed E-state index contributed by atoms with van der Waals surface area (Å²) in [5, 5.41) is 5.59. The molecule has 1 heterocycles. The van der Waals surface area contributed by atoms with Crippen LogP contribution in [0.5, 0.6) is 0 Å². The van der Waals surface area contributed by atoms with Crippen LogP contribution in [-0.2, 0) is 0 Å². The van der Waals surface area contributed by atoms with Crippen LogP contribution in [-0.4, -0.2) is 7.05 Å². The molecule has 0 amide bonds. The van der Waals surface area contributed by atoms with Gasteiger partial charge in [0.05, 0.1) is 6.04 Å². The highest BCUT2D eigenvalue weighted by Crippen LogP contribution is 2.32. The fraction of sp³-hybridized carbons (Fsp3) is 0.231. The number of hydrogen-bond donors (Lipinski definition) is 1. The van der Waals surface area contributed by atoms with Gasteiger partial charge >= 0.3 is 0 Å². The molecule has 1 N–H and O–H groups in total. The molecule has 0 bridgehead atoms. The Morgan fingerprint density at radius 3 is 2.71 bits per heavy atom. The fourth-order valence-electron chi connectivity index (χ4n) is 1.88. The molecule has 0 saturated heterocycles. The lowest BCUT2D eigenvalue weighted by Crippen LogP contribution is -2.18. The molecule has 1 aromatic heterocycles. The summed E-state index contributed by atoms with van der Waals surface area (Å²) in [7, 11) is 1.81. The van der Waals surface area contributed by atoms with Crippen molar-refractivity contribution in [1.29, 1.82) is 0 Å². The van der Waals surface area contributed by atoms with Crippen molar-refractivity contribution < 1.29 is 4.39 Å². The van der Waals surface area contributed by atoms with Crippen LogP contribution in [0.25, 0.3) is 0 Å². The fourth-order valence-corrected chi connectivity index (χ4v) is 2.88. The first-order valence-corrected chi connectivity index (χ1v) is 6.55. The summed E-state index contributed by atoms with van der Waals surface area (Å²) in [5.41, 5.74) is 1.55. The van der Waals surface area contributed by atoms with E-state index in [0.29, 0.717) is 10.6 Å². The second-order valence-corrected chi connectivity index (χ2v) is 5.37. The van der Waals surface area contributed by atoms with Crippen molar-refractivity contribution in [2.75, 3.05) is 7.05 Å². The lowest BCUT2D eigenvalue weighted by molar-refractivity contribution is 0.577. The number of halogens is 2. The van der Waals surface area contributed by atoms with Gasteiger partial charge in [-0.05, 0) is 43.1 Å². The lowest BCUT2D eigenvalue weighted by Gasteiger charge is -2.17. The number of nitrogens with one attached hydrogen (secondary N) is 1. The van der Waals surface area contributed by atoms with Crippen molar-refractivity contribution >= 4 is 22.9 Å². The summed E-state index contributed by atoms with van der Waals surface area (Å²) in [6, 6.07) is 6.61. The normalized spacial score (nSPS) is 12.7. The Balaban J connectivity index is 2.49. The van der Waals surface area contributed by atoms with Gasteiger partial charge in [0.1, 0.15) is 5.82 Å². The molecule has 1 atom stereocenters. The largest absolute Gasteiger partial charge is 0.309 e. The van der Waals surface area contributed by atoms with Gasteiger partial charge in [0.2, 0.25) is 0 Å². The minimum absolute atomic E-state index is 0.200. The van der Waals surface area contributed by atoms with Gasteiger partial charge in [0, 0.05) is 15.5 Å². The van der Waals surface area contributed by atoms with Crippen molar-refractivity contribution in [1.82, 2.24) is 5.32 Å². The summed E-state index contributed by atoms with van der Waals surface area (Å²) in [6.07, 6.45) is 0. The predicted octanol–water partition coefficient (Wildman–Crippen LogP) is 4.16. The Kier molecular flexibility index (Phi) is 3.82. The Morgan fingerprint density at radius 1 is 1.41 bits per heavy atom. The zero-order valence-corrected chi connectivity index (χ0v) is 11.2. The monoisotopic (exact) mass is 269 g/mol. The van der Waals surface area contributed by atoms with Gasteiger partial charge in [-0.15, -0.1) is 11.3 Å². The van der Waals surface area contributed by atoms with Crippen molar-refractivity contribution in [3.05, 3.63) is 56.5 Å². The van der Waals surface area contributed by atoms with E-state index in [4.69, 9.17) is 11.6 Å². The molecule has 0 radical (unpaired) electrons. The van der Waals surface area contributed by atoms with Crippen LogP contribution < -0.4 is 5.32 Å². The van der Waals surface area contributed by atoms with E-state index in [1.165, 1.54) is 10.9 Å². The third kappa shape index (κ3) is 2.51. The zero-order chi connectivity index (χ0) is 12.4. The van der Waals surface area contributed by atoms with Crippen molar-refractivity contribution in [2.24, 2.45) is 0 Å². The van der Waals surface area contributed by atoms with Crippen molar-refractivity contribution in [3.8, 4) is 0 Å². The van der Waals surface area contributed by atoms with E-state index in [1.807, 2.05) is 12.3 Å². The predicted molar refractivity (Wildman–Crippen MR) is 71.4 cm³/mol. The van der Waals surface area contributed by atoms with Crippen LogP contribution in [0.4, 0.5) is 4.39 Å². The van der Waals surface area contributed by atoms with Crippen LogP contribution >= 0.6 is 22.9 Å². The van der Waals surface area contributed by atoms with Crippen LogP contribution in [0.15, 0.2) is 29.6 Å². The number of benzene rings is 1. The molecule has 2 aromatic rings. The third-order valence-electron chi connectivity index (χ3n) is 2.66. The van der Waals surface area contributed by atoms with E-state index < -0.39 is 0 Å². The van der Waals surface area contributed by atoms with E-state index >= 15 is 0 Å². The SMILES string of the molecule is CNC(c1csc(C)c1)c1c(F)cccc1Cl. The third-order valence-corrected chi connectivity index (χ3v) is 3.87. The number of thiophene rings is 1. The summed E-state index contributed by atoms with van der Waals surface area (Å²) >= 11 is 7.73. The maximum Gasteiger partial charge on any atom is 0.129 e. The van der Waals surface area contributed by atoms with Crippen LogP contribution in [0.2, 0.25) is 5.02 Å². The van der Waals surface area contributed by atoms with Crippen molar-refractivity contribution in [3.63, 3.8) is 0 Å². The Morgan fingerprint density at radius 2 is 2.18 bits per heavy atom. The average Bonchev–Trinajstić information content (AvgIpc) is 2.70. The molecule has 1 unspecified atom stereocenters. The van der Waals surface area contributed by atoms with Gasteiger partial charge in [-0.1, -0.05) is 17.7 Å². The highest BCUT2D eigenvalue weighted by atomic mass is 35.5. The van der Waals surface area contributed by atoms with E-state index in [0.717, 1.165) is 5.56 Å². The van der Waals surface area contributed by atoms with Crippen LogP contribution in [0, 0.1) is 12.7 Å². The highest BCUT2D eigenvalue weighted by Gasteiger charge is 2.19. The van der Waals surface area contributed by atoms with E-state index in [9.17, 15) is 4.39 Å². The Hall–Kier alpha value is -0.900. The smallest absolute Gasteiger partial charge is 0.129 e. The standard InChI is InChI=1S/C13H13ClFNS/c1-8-6-9(7-17-8)13(16-2)12-10(14)4-3-5-11(12)15/h3-7,13,16H,1-2H3. The summed E-state index contributed by atoms with van der Waals surface area (Å²) in [6.45, 7) is 2.03. The molecule has 0 aliphatic rings. The highest BCUT2D eigenvalue weighted by molar-refractivity contribution is 7.10. The maximum absolute atomic E-state index is 13.9. The molecule has 0 saturated carbocycles. The van der Waals surface area contributed by atoms with Gasteiger partial charge in [-0.2, -0.15) is 0 Å². The molecule has 0 fully saturated rings. The molecule has 2 rings (SSSR count). The number of hydrogen-bond acceptors (Lipinski definition) is 2. The van der Waals surface area contributed by atoms with Gasteiger partial charge in [0.25, 0.3) is 0 Å². The van der Waals surface area contributed by atoms with Gasteiger partial charge < -0.3 is 5.32 Å². The molecule has 90 valence electrons. The maximum atomic E-state index is 13.9. The van der Waals surface area contributed by atoms with Gasteiger partial charge in [-0.3, -0.25) is 0 Å². The summed E-state index contributed by atoms with van der Waals surface area (Å²) in [4.78, 5) is 1.20. The molecule has 0 spiro atoms. The summed E-state index contributed by atoms with van der Waals surface area (Å²) < 4.78 is 13.9. The van der Waals surface area contributed by atoms with Gasteiger partial charge in [0.15, 0.2) is 0 Å². The number of rotatable bonds is 3. The first kappa shape index (κ1) is 12.6. The van der Waals surface area contributed by atoms with E-state index in [1.54, 1.807) is 30.5 Å². The molecular formula is C13H13ClFNS. The van der Waals surface area contributed by atoms with Crippen LogP contribution in [0.3, 0.4) is 0 Å². The number of aryl methyl sites for hydroxylation is 1. The summed E-state index contributed by atoms with van der Waals surface area (Å²) in [5.74, 6) is -0.277. The Labute approximate surface area is 109 Å². The quantitative estimate of drug-likeness (QED) is 0.882. The topological polar surface area (TPSA) is 12.0 Å². The minimum atomic E-state index is -0.277. The molecular weight excluding hydrogens is 257 g/mol. The average molecular weight is 270 g/mol. The van der Waals surface area contributed by atoms with E-state index in [-0.39, 0.29) is 11.9 Å². The molecule has 1 nitrogen and oxygen atoms in total. The Bertz CT molecular complexity index is 504. The molecule has 0 aliphatic heterocycles.